The zero-order valence-corrected chi connectivity index (χ0v) is 12.2. The second kappa shape index (κ2) is 8.14. The monoisotopic (exact) mass is 265 g/mol. The lowest BCUT2D eigenvalue weighted by molar-refractivity contribution is -0.0206. The van der Waals surface area contributed by atoms with Crippen LogP contribution in [-0.2, 0) is 13.3 Å². The van der Waals surface area contributed by atoms with Gasteiger partial charge in [0.15, 0.2) is 0 Å². The Morgan fingerprint density at radius 1 is 1.12 bits per heavy atom. The van der Waals surface area contributed by atoms with Gasteiger partial charge in [0.2, 0.25) is 0 Å². The Balaban J connectivity index is 4.69. The summed E-state index contributed by atoms with van der Waals surface area (Å²) in [5, 5.41) is 0. The topological polar surface area (TPSA) is 106 Å². The van der Waals surface area contributed by atoms with E-state index in [4.69, 9.17) is 30.5 Å². The van der Waals surface area contributed by atoms with Crippen molar-refractivity contribution in [3.8, 4) is 0 Å². The van der Waals surface area contributed by atoms with Crippen LogP contribution in [-0.4, -0.2) is 41.8 Å². The van der Waals surface area contributed by atoms with Crippen LogP contribution >= 0.6 is 0 Å². The summed E-state index contributed by atoms with van der Waals surface area (Å²) in [6.07, 6.45) is 2.03. The van der Waals surface area contributed by atoms with Crippen molar-refractivity contribution in [2.75, 3.05) is 27.3 Å². The van der Waals surface area contributed by atoms with Crippen LogP contribution in [0.3, 0.4) is 0 Å². The average Bonchev–Trinajstić information content (AvgIpc) is 2.35. The molecule has 1 unspecified atom stereocenters. The first-order valence-electron chi connectivity index (χ1n) is 6.01. The van der Waals surface area contributed by atoms with Crippen molar-refractivity contribution in [1.82, 2.24) is 0 Å². The fourth-order valence-corrected chi connectivity index (χ4v) is 3.94. The minimum Gasteiger partial charge on any atom is -0.377 e. The normalized spacial score (nSPS) is 15.9. The van der Waals surface area contributed by atoms with Crippen molar-refractivity contribution < 1.29 is 13.3 Å². The number of nitrogens with two attached hydrogens (primary N) is 3. The largest absolute Gasteiger partial charge is 0.501 e. The molecule has 1 atom stereocenters. The van der Waals surface area contributed by atoms with E-state index in [1.165, 1.54) is 0 Å². The van der Waals surface area contributed by atoms with Gasteiger partial charge in [0, 0.05) is 26.7 Å². The summed E-state index contributed by atoms with van der Waals surface area (Å²) in [6.45, 7) is 3.01. The highest BCUT2D eigenvalue weighted by Gasteiger charge is 2.44. The lowest BCUT2D eigenvalue weighted by Crippen LogP contribution is -2.56. The second-order valence-corrected chi connectivity index (χ2v) is 6.93. The highest BCUT2D eigenvalue weighted by atomic mass is 28.4. The average molecular weight is 265 g/mol. The van der Waals surface area contributed by atoms with Gasteiger partial charge in [-0.25, -0.2) is 0 Å². The molecule has 0 heterocycles. The summed E-state index contributed by atoms with van der Waals surface area (Å²) in [7, 11) is 0.458. The SMILES string of the molecule is CCC(N)(CCN)O[Si](CCCN)(OC)OC. The maximum absolute atomic E-state index is 6.16. The summed E-state index contributed by atoms with van der Waals surface area (Å²) in [4.78, 5) is 0. The van der Waals surface area contributed by atoms with Crippen LogP contribution in [0.2, 0.25) is 6.04 Å². The standard InChI is InChI=1S/C10H27N3O3Si/c1-4-10(13,6-8-12)16-17(14-2,15-3)9-5-7-11/h4-9,11-13H2,1-3H3. The Bertz CT molecular complexity index is 205. The first-order chi connectivity index (χ1) is 8.01. The maximum Gasteiger partial charge on any atom is 0.501 e. The van der Waals surface area contributed by atoms with Gasteiger partial charge < -0.3 is 30.5 Å². The van der Waals surface area contributed by atoms with Crippen LogP contribution in [0.4, 0.5) is 0 Å². The molecule has 6 N–H and O–H groups in total. The predicted molar refractivity (Wildman–Crippen MR) is 70.2 cm³/mol. The van der Waals surface area contributed by atoms with Crippen molar-refractivity contribution in [2.24, 2.45) is 17.2 Å². The molecular weight excluding hydrogens is 238 g/mol. The van der Waals surface area contributed by atoms with Crippen LogP contribution in [0.5, 0.6) is 0 Å². The van der Waals surface area contributed by atoms with Gasteiger partial charge in [-0.2, -0.15) is 0 Å². The van der Waals surface area contributed by atoms with Gasteiger partial charge in [-0.15, -0.1) is 0 Å². The first-order valence-corrected chi connectivity index (χ1v) is 7.94. The lowest BCUT2D eigenvalue weighted by atomic mass is 10.1. The highest BCUT2D eigenvalue weighted by molar-refractivity contribution is 6.60. The lowest BCUT2D eigenvalue weighted by Gasteiger charge is -2.37. The van der Waals surface area contributed by atoms with E-state index in [0.29, 0.717) is 32.0 Å². The summed E-state index contributed by atoms with van der Waals surface area (Å²) in [6, 6.07) is 0.667. The van der Waals surface area contributed by atoms with Crippen LogP contribution in [0.15, 0.2) is 0 Å². The molecule has 0 saturated heterocycles. The molecular formula is C10H27N3O3Si. The van der Waals surface area contributed by atoms with E-state index in [-0.39, 0.29) is 0 Å². The van der Waals surface area contributed by atoms with Crippen molar-refractivity contribution in [3.63, 3.8) is 0 Å². The predicted octanol–water partition coefficient (Wildman–Crippen LogP) is -0.00270. The van der Waals surface area contributed by atoms with Gasteiger partial charge in [-0.3, -0.25) is 0 Å². The molecule has 6 nitrogen and oxygen atoms in total. The van der Waals surface area contributed by atoms with Crippen LogP contribution in [0.1, 0.15) is 26.2 Å². The molecule has 0 spiro atoms. The summed E-state index contributed by atoms with van der Waals surface area (Å²) in [5.74, 6) is 0. The first kappa shape index (κ1) is 17.0. The van der Waals surface area contributed by atoms with Gasteiger partial charge >= 0.3 is 8.80 Å². The third kappa shape index (κ3) is 5.43. The summed E-state index contributed by atoms with van der Waals surface area (Å²) >= 11 is 0. The molecule has 0 aliphatic carbocycles. The molecule has 7 heteroatoms. The van der Waals surface area contributed by atoms with Crippen LogP contribution in [0, 0.1) is 0 Å². The Hall–Kier alpha value is -0.0231. The molecule has 0 aromatic carbocycles. The molecule has 0 amide bonds. The third-order valence-corrected chi connectivity index (χ3v) is 5.76. The van der Waals surface area contributed by atoms with Gasteiger partial charge in [-0.05, 0) is 25.9 Å². The van der Waals surface area contributed by atoms with Crippen LogP contribution in [0.25, 0.3) is 0 Å². The zero-order valence-electron chi connectivity index (χ0n) is 11.2. The Labute approximate surface area is 105 Å². The van der Waals surface area contributed by atoms with Crippen LogP contribution < -0.4 is 17.2 Å². The Morgan fingerprint density at radius 2 is 1.71 bits per heavy atom. The number of rotatable bonds is 10. The summed E-state index contributed by atoms with van der Waals surface area (Å²) in [5.41, 5.74) is 16.4. The van der Waals surface area contributed by atoms with E-state index in [1.54, 1.807) is 14.2 Å². The maximum atomic E-state index is 6.16. The minimum absolute atomic E-state index is 0.471. The van der Waals surface area contributed by atoms with E-state index in [0.717, 1.165) is 6.42 Å². The Kier molecular flexibility index (Phi) is 8.13. The van der Waals surface area contributed by atoms with Crippen molar-refractivity contribution in [1.29, 1.82) is 0 Å². The molecule has 0 fully saturated rings. The molecule has 17 heavy (non-hydrogen) atoms. The molecule has 0 aromatic heterocycles. The van der Waals surface area contributed by atoms with E-state index in [2.05, 4.69) is 0 Å². The van der Waals surface area contributed by atoms with Crippen molar-refractivity contribution in [3.05, 3.63) is 0 Å². The fraction of sp³-hybridized carbons (Fsp3) is 1.00. The molecule has 0 radical (unpaired) electrons. The molecule has 104 valence electrons. The third-order valence-electron chi connectivity index (χ3n) is 2.83. The molecule has 0 aromatic rings. The smallest absolute Gasteiger partial charge is 0.377 e. The van der Waals surface area contributed by atoms with E-state index < -0.39 is 14.5 Å². The molecule has 0 bridgehead atoms. The van der Waals surface area contributed by atoms with Gasteiger partial charge in [-0.1, -0.05) is 6.92 Å². The molecule has 0 rings (SSSR count). The fourth-order valence-electron chi connectivity index (χ4n) is 1.59. The number of hydrogen-bond acceptors (Lipinski definition) is 6. The highest BCUT2D eigenvalue weighted by Crippen LogP contribution is 2.24. The van der Waals surface area contributed by atoms with Crippen molar-refractivity contribution in [2.45, 2.75) is 38.0 Å². The van der Waals surface area contributed by atoms with Gasteiger partial charge in [0.1, 0.15) is 5.72 Å². The Morgan fingerprint density at radius 3 is 2.06 bits per heavy atom. The zero-order chi connectivity index (χ0) is 13.4. The second-order valence-electron chi connectivity index (χ2n) is 4.04. The van der Waals surface area contributed by atoms with E-state index >= 15 is 0 Å². The number of hydrogen-bond donors (Lipinski definition) is 3. The van der Waals surface area contributed by atoms with Gasteiger partial charge in [0.25, 0.3) is 0 Å². The van der Waals surface area contributed by atoms with Gasteiger partial charge in [0.05, 0.1) is 0 Å². The summed E-state index contributed by atoms with van der Waals surface area (Å²) < 4.78 is 16.9. The molecule has 0 saturated carbocycles. The van der Waals surface area contributed by atoms with E-state index in [9.17, 15) is 0 Å². The minimum atomic E-state index is -2.72. The molecule has 0 aliphatic heterocycles. The van der Waals surface area contributed by atoms with E-state index in [1.807, 2.05) is 6.92 Å². The quantitative estimate of drug-likeness (QED) is 0.379. The van der Waals surface area contributed by atoms with Crippen molar-refractivity contribution >= 4 is 8.80 Å². The molecule has 0 aliphatic rings.